The molecule has 0 aliphatic carbocycles. The molecule has 0 radical (unpaired) electrons. The van der Waals surface area contributed by atoms with Gasteiger partial charge < -0.3 is 0 Å². The first kappa shape index (κ1) is 13.3. The molecule has 0 bridgehead atoms. The minimum Gasteiger partial charge on any atom is -0.297 e. The molecule has 0 spiro atoms. The maximum Gasteiger partial charge on any atom is 0.0933 e. The summed E-state index contributed by atoms with van der Waals surface area (Å²) >= 11 is 2.40. The van der Waals surface area contributed by atoms with Crippen molar-refractivity contribution in [1.82, 2.24) is 8.59 Å². The summed E-state index contributed by atoms with van der Waals surface area (Å²) in [5.74, 6) is 0. The molecule has 17 heavy (non-hydrogen) atoms. The Morgan fingerprint density at radius 1 is 1.35 bits per heavy atom. The molecule has 1 aromatic carbocycles. The third kappa shape index (κ3) is 4.21. The molecule has 0 aromatic heterocycles. The van der Waals surface area contributed by atoms with Crippen LogP contribution in [-0.2, 0) is 11.4 Å². The van der Waals surface area contributed by atoms with Crippen LogP contribution in [0.1, 0.15) is 25.3 Å². The molecular weight excluding hydrogens is 327 g/mol. The normalized spacial score (nSPS) is 26.0. The summed E-state index contributed by atoms with van der Waals surface area (Å²) in [5, 5.41) is 0. The van der Waals surface area contributed by atoms with Gasteiger partial charge in [0.25, 0.3) is 0 Å². The highest BCUT2D eigenvalue weighted by molar-refractivity contribution is 14.1. The van der Waals surface area contributed by atoms with E-state index in [0.29, 0.717) is 18.7 Å². The molecule has 0 saturated carbocycles. The maximum atomic E-state index is 5.56. The average molecular weight is 346 g/mol. The number of piperidine rings is 1. The molecule has 1 saturated heterocycles. The Morgan fingerprint density at radius 3 is 2.82 bits per heavy atom. The van der Waals surface area contributed by atoms with Gasteiger partial charge in [-0.15, -0.1) is 0 Å². The van der Waals surface area contributed by atoms with E-state index in [2.05, 4.69) is 50.5 Å². The molecule has 4 heteroatoms. The lowest BCUT2D eigenvalue weighted by atomic mass is 10.0. The van der Waals surface area contributed by atoms with Gasteiger partial charge in [0.15, 0.2) is 0 Å². The Bertz CT molecular complexity index is 333. The van der Waals surface area contributed by atoms with E-state index >= 15 is 0 Å². The third-order valence-electron chi connectivity index (χ3n) is 3.14. The number of nitrogens with zero attached hydrogens (tertiary/aromatic N) is 1. The predicted octanol–water partition coefficient (Wildman–Crippen LogP) is 2.91. The van der Waals surface area contributed by atoms with E-state index in [1.807, 2.05) is 18.2 Å². The van der Waals surface area contributed by atoms with Crippen LogP contribution >= 0.6 is 22.9 Å². The van der Waals surface area contributed by atoms with Crippen LogP contribution < -0.4 is 5.48 Å². The van der Waals surface area contributed by atoms with E-state index in [9.17, 15) is 0 Å². The zero-order valence-electron chi connectivity index (χ0n) is 10.1. The molecular formula is C13H19IN2O. The molecule has 1 aliphatic heterocycles. The summed E-state index contributed by atoms with van der Waals surface area (Å²) in [6.07, 6.45) is 2.42. The van der Waals surface area contributed by atoms with E-state index in [1.165, 1.54) is 18.4 Å². The maximum absolute atomic E-state index is 5.56. The Labute approximate surface area is 117 Å². The number of hydroxylamine groups is 1. The van der Waals surface area contributed by atoms with Crippen molar-refractivity contribution >= 4 is 22.9 Å². The summed E-state index contributed by atoms with van der Waals surface area (Å²) in [4.78, 5) is 5.56. The van der Waals surface area contributed by atoms with E-state index in [-0.39, 0.29) is 0 Å². The van der Waals surface area contributed by atoms with Gasteiger partial charge >= 0.3 is 0 Å². The molecule has 2 rings (SSSR count). The summed E-state index contributed by atoms with van der Waals surface area (Å²) in [6.45, 7) is 3.96. The average Bonchev–Trinajstić information content (AvgIpc) is 2.35. The standard InChI is InChI=1S/C13H19IN2O/c1-11-7-8-13(9-16(11)14)15-17-10-12-5-3-2-4-6-12/h2-6,11,13,15H,7-10H2,1H3/t11-,13?/m1/s1. The fourth-order valence-electron chi connectivity index (χ4n) is 1.98. The van der Waals surface area contributed by atoms with Crippen molar-refractivity contribution in [1.29, 1.82) is 0 Å². The Morgan fingerprint density at radius 2 is 2.12 bits per heavy atom. The van der Waals surface area contributed by atoms with Gasteiger partial charge in [-0.05, 0) is 25.3 Å². The van der Waals surface area contributed by atoms with Crippen LogP contribution in [-0.4, -0.2) is 21.7 Å². The molecule has 1 aromatic rings. The highest BCUT2D eigenvalue weighted by Crippen LogP contribution is 2.20. The number of nitrogens with one attached hydrogen (secondary N) is 1. The molecule has 0 amide bonds. The molecule has 2 atom stereocenters. The van der Waals surface area contributed by atoms with Gasteiger partial charge in [0, 0.05) is 41.5 Å². The minimum atomic E-state index is 0.451. The number of hydrogen-bond acceptors (Lipinski definition) is 3. The van der Waals surface area contributed by atoms with Gasteiger partial charge in [-0.3, -0.25) is 4.84 Å². The fourth-order valence-corrected chi connectivity index (χ4v) is 2.73. The quantitative estimate of drug-likeness (QED) is 0.516. The predicted molar refractivity (Wildman–Crippen MR) is 77.6 cm³/mol. The second-order valence-corrected chi connectivity index (χ2v) is 5.84. The van der Waals surface area contributed by atoms with Crippen LogP contribution in [0.4, 0.5) is 0 Å². The summed E-state index contributed by atoms with van der Waals surface area (Å²) < 4.78 is 2.35. The Balaban J connectivity index is 1.69. The van der Waals surface area contributed by atoms with Gasteiger partial charge in [0.05, 0.1) is 6.61 Å². The highest BCUT2D eigenvalue weighted by Gasteiger charge is 2.23. The lowest BCUT2D eigenvalue weighted by molar-refractivity contribution is -0.00911. The summed E-state index contributed by atoms with van der Waals surface area (Å²) in [6, 6.07) is 11.4. The number of halogens is 1. The highest BCUT2D eigenvalue weighted by atomic mass is 127. The summed E-state index contributed by atoms with van der Waals surface area (Å²) in [7, 11) is 0. The first-order valence-electron chi connectivity index (χ1n) is 6.09. The second kappa shape index (κ2) is 6.68. The molecule has 3 nitrogen and oxygen atoms in total. The number of hydrogen-bond donors (Lipinski definition) is 1. The smallest absolute Gasteiger partial charge is 0.0933 e. The monoisotopic (exact) mass is 346 g/mol. The van der Waals surface area contributed by atoms with E-state index in [1.54, 1.807) is 0 Å². The van der Waals surface area contributed by atoms with Crippen LogP contribution in [0, 0.1) is 0 Å². The molecule has 1 fully saturated rings. The first-order chi connectivity index (χ1) is 8.25. The topological polar surface area (TPSA) is 24.5 Å². The van der Waals surface area contributed by atoms with Crippen molar-refractivity contribution in [2.45, 2.75) is 38.5 Å². The van der Waals surface area contributed by atoms with Crippen LogP contribution in [0.3, 0.4) is 0 Å². The molecule has 1 unspecified atom stereocenters. The zero-order chi connectivity index (χ0) is 12.1. The Kier molecular flexibility index (Phi) is 5.21. The third-order valence-corrected chi connectivity index (χ3v) is 4.48. The van der Waals surface area contributed by atoms with Crippen molar-refractivity contribution in [2.24, 2.45) is 0 Å². The molecule has 1 N–H and O–H groups in total. The van der Waals surface area contributed by atoms with Gasteiger partial charge in [0.1, 0.15) is 0 Å². The van der Waals surface area contributed by atoms with E-state index in [0.717, 1.165) is 6.54 Å². The molecule has 94 valence electrons. The van der Waals surface area contributed by atoms with Gasteiger partial charge in [-0.2, -0.15) is 5.48 Å². The van der Waals surface area contributed by atoms with Crippen molar-refractivity contribution in [3.8, 4) is 0 Å². The molecule has 1 aliphatic rings. The SMILES string of the molecule is C[C@@H]1CCC(NOCc2ccccc2)CN1I. The van der Waals surface area contributed by atoms with Gasteiger partial charge in [-0.25, -0.2) is 3.11 Å². The fraction of sp³-hybridized carbons (Fsp3) is 0.538. The largest absolute Gasteiger partial charge is 0.297 e. The van der Waals surface area contributed by atoms with Crippen LogP contribution in [0.25, 0.3) is 0 Å². The van der Waals surface area contributed by atoms with Crippen molar-refractivity contribution < 1.29 is 4.84 Å². The number of rotatable bonds is 4. The lowest BCUT2D eigenvalue weighted by Gasteiger charge is -2.33. The second-order valence-electron chi connectivity index (χ2n) is 4.60. The van der Waals surface area contributed by atoms with E-state index in [4.69, 9.17) is 4.84 Å². The van der Waals surface area contributed by atoms with Gasteiger partial charge in [-0.1, -0.05) is 30.3 Å². The van der Waals surface area contributed by atoms with Crippen molar-refractivity contribution in [3.63, 3.8) is 0 Å². The van der Waals surface area contributed by atoms with Crippen LogP contribution in [0.15, 0.2) is 30.3 Å². The lowest BCUT2D eigenvalue weighted by Crippen LogP contribution is -2.45. The minimum absolute atomic E-state index is 0.451. The number of benzene rings is 1. The van der Waals surface area contributed by atoms with Crippen molar-refractivity contribution in [3.05, 3.63) is 35.9 Å². The Hall–Kier alpha value is -0.170. The van der Waals surface area contributed by atoms with Crippen LogP contribution in [0.2, 0.25) is 0 Å². The zero-order valence-corrected chi connectivity index (χ0v) is 12.3. The molecule has 1 heterocycles. The van der Waals surface area contributed by atoms with Crippen LogP contribution in [0.5, 0.6) is 0 Å². The van der Waals surface area contributed by atoms with Crippen molar-refractivity contribution in [2.75, 3.05) is 6.54 Å². The summed E-state index contributed by atoms with van der Waals surface area (Å²) in [5.41, 5.74) is 4.38. The van der Waals surface area contributed by atoms with Gasteiger partial charge in [0.2, 0.25) is 0 Å². The first-order valence-corrected chi connectivity index (χ1v) is 7.06. The van der Waals surface area contributed by atoms with E-state index < -0.39 is 0 Å².